The predicted octanol–water partition coefficient (Wildman–Crippen LogP) is 3.41. The van der Waals surface area contributed by atoms with Gasteiger partial charge >= 0.3 is 0 Å². The Morgan fingerprint density at radius 1 is 1.40 bits per heavy atom. The highest BCUT2D eigenvalue weighted by molar-refractivity contribution is 7.19. The highest BCUT2D eigenvalue weighted by atomic mass is 32.1. The molecule has 5 heteroatoms. The Labute approximate surface area is 120 Å². The molecule has 2 aromatic heterocycles. The fourth-order valence-electron chi connectivity index (χ4n) is 2.28. The van der Waals surface area contributed by atoms with E-state index in [0.717, 1.165) is 27.8 Å². The summed E-state index contributed by atoms with van der Waals surface area (Å²) < 4.78 is 16.1. The number of fused-ring (bicyclic) bond motifs is 1. The summed E-state index contributed by atoms with van der Waals surface area (Å²) in [4.78, 5) is 1.11. The first kappa shape index (κ1) is 13.3. The van der Waals surface area contributed by atoms with Crippen LogP contribution >= 0.6 is 11.3 Å². The maximum atomic E-state index is 13.2. The third-order valence-electron chi connectivity index (χ3n) is 3.37. The van der Waals surface area contributed by atoms with Crippen molar-refractivity contribution in [3.63, 3.8) is 0 Å². The molecule has 2 heterocycles. The Morgan fingerprint density at radius 3 is 3.00 bits per heavy atom. The molecule has 0 spiro atoms. The van der Waals surface area contributed by atoms with E-state index in [0.29, 0.717) is 0 Å². The van der Waals surface area contributed by atoms with Gasteiger partial charge in [0.2, 0.25) is 0 Å². The molecule has 104 valence electrons. The van der Waals surface area contributed by atoms with Gasteiger partial charge in [0.1, 0.15) is 5.82 Å². The SMILES string of the molecule is Cn1cc(CCC(N)c2cc3cc(F)ccc3s2)cn1. The van der Waals surface area contributed by atoms with Crippen LogP contribution in [0, 0.1) is 5.82 Å². The number of thiophene rings is 1. The van der Waals surface area contributed by atoms with Crippen molar-refractivity contribution in [2.45, 2.75) is 18.9 Å². The van der Waals surface area contributed by atoms with Crippen LogP contribution in [0.15, 0.2) is 36.7 Å². The zero-order valence-corrected chi connectivity index (χ0v) is 12.0. The van der Waals surface area contributed by atoms with Gasteiger partial charge in [-0.25, -0.2) is 4.39 Å². The molecule has 1 atom stereocenters. The van der Waals surface area contributed by atoms with Crippen LogP contribution in [0.5, 0.6) is 0 Å². The predicted molar refractivity (Wildman–Crippen MR) is 80.2 cm³/mol. The van der Waals surface area contributed by atoms with Gasteiger partial charge in [-0.1, -0.05) is 0 Å². The first-order valence-corrected chi connectivity index (χ1v) is 7.35. The molecule has 3 nitrogen and oxygen atoms in total. The summed E-state index contributed by atoms with van der Waals surface area (Å²) in [5.74, 6) is -0.203. The summed E-state index contributed by atoms with van der Waals surface area (Å²) in [6.45, 7) is 0. The molecule has 1 aromatic carbocycles. The number of hydrogen-bond acceptors (Lipinski definition) is 3. The first-order chi connectivity index (χ1) is 9.61. The van der Waals surface area contributed by atoms with E-state index >= 15 is 0 Å². The molecule has 20 heavy (non-hydrogen) atoms. The first-order valence-electron chi connectivity index (χ1n) is 6.54. The monoisotopic (exact) mass is 289 g/mol. The fraction of sp³-hybridized carbons (Fsp3) is 0.267. The molecular formula is C15H16FN3S. The minimum atomic E-state index is -0.203. The Balaban J connectivity index is 1.73. The summed E-state index contributed by atoms with van der Waals surface area (Å²) in [5, 5.41) is 5.08. The molecule has 0 saturated heterocycles. The number of aryl methyl sites for hydroxylation is 2. The molecule has 0 aliphatic heterocycles. The standard InChI is InChI=1S/C15H16FN3S/c1-19-9-10(8-18-19)2-4-13(17)15-7-11-6-12(16)3-5-14(11)20-15/h3,5-9,13H,2,4,17H2,1H3. The van der Waals surface area contributed by atoms with E-state index in [9.17, 15) is 4.39 Å². The summed E-state index contributed by atoms with van der Waals surface area (Å²) in [6.07, 6.45) is 5.64. The van der Waals surface area contributed by atoms with Crippen LogP contribution in [0.2, 0.25) is 0 Å². The van der Waals surface area contributed by atoms with E-state index in [1.54, 1.807) is 22.1 Å². The normalized spacial score (nSPS) is 12.9. The second-order valence-corrected chi connectivity index (χ2v) is 6.11. The molecule has 0 amide bonds. The number of hydrogen-bond donors (Lipinski definition) is 1. The molecular weight excluding hydrogens is 273 g/mol. The molecule has 0 radical (unpaired) electrons. The van der Waals surface area contributed by atoms with Gasteiger partial charge in [-0.2, -0.15) is 5.10 Å². The van der Waals surface area contributed by atoms with E-state index in [1.165, 1.54) is 11.6 Å². The van der Waals surface area contributed by atoms with E-state index in [1.807, 2.05) is 31.6 Å². The van der Waals surface area contributed by atoms with Gasteiger partial charge in [0.25, 0.3) is 0 Å². The van der Waals surface area contributed by atoms with Crippen molar-refractivity contribution in [1.29, 1.82) is 0 Å². The lowest BCUT2D eigenvalue weighted by molar-refractivity contribution is 0.630. The lowest BCUT2D eigenvalue weighted by Gasteiger charge is -2.07. The quantitative estimate of drug-likeness (QED) is 0.800. The van der Waals surface area contributed by atoms with Gasteiger partial charge in [0.15, 0.2) is 0 Å². The molecule has 1 unspecified atom stereocenters. The average Bonchev–Trinajstić information content (AvgIpc) is 3.01. The summed E-state index contributed by atoms with van der Waals surface area (Å²) in [6, 6.07) is 6.84. The number of nitrogens with zero attached hydrogens (tertiary/aromatic N) is 2. The molecule has 0 saturated carbocycles. The second-order valence-electron chi connectivity index (χ2n) is 5.00. The van der Waals surface area contributed by atoms with Gasteiger partial charge < -0.3 is 5.73 Å². The molecule has 0 aliphatic rings. The largest absolute Gasteiger partial charge is 0.323 e. The number of rotatable bonds is 4. The number of benzene rings is 1. The van der Waals surface area contributed by atoms with E-state index in [2.05, 4.69) is 5.10 Å². The maximum absolute atomic E-state index is 13.2. The summed E-state index contributed by atoms with van der Waals surface area (Å²) in [5.41, 5.74) is 7.43. The number of aromatic nitrogens is 2. The van der Waals surface area contributed by atoms with E-state index in [4.69, 9.17) is 5.73 Å². The summed E-state index contributed by atoms with van der Waals surface area (Å²) in [7, 11) is 1.91. The van der Waals surface area contributed by atoms with Gasteiger partial charge in [0.05, 0.1) is 6.20 Å². The third kappa shape index (κ3) is 2.73. The van der Waals surface area contributed by atoms with Crippen LogP contribution in [-0.2, 0) is 13.5 Å². The number of nitrogens with two attached hydrogens (primary N) is 1. The van der Waals surface area contributed by atoms with Crippen LogP contribution in [0.3, 0.4) is 0 Å². The topological polar surface area (TPSA) is 43.8 Å². The van der Waals surface area contributed by atoms with Crippen molar-refractivity contribution in [2.24, 2.45) is 12.8 Å². The summed E-state index contributed by atoms with van der Waals surface area (Å²) >= 11 is 1.64. The van der Waals surface area contributed by atoms with Gasteiger partial charge in [-0.05, 0) is 48.1 Å². The fourth-order valence-corrected chi connectivity index (χ4v) is 3.36. The second kappa shape index (κ2) is 5.34. The molecule has 0 bridgehead atoms. The minimum Gasteiger partial charge on any atom is -0.323 e. The molecule has 3 aromatic rings. The van der Waals surface area contributed by atoms with Crippen LogP contribution < -0.4 is 5.73 Å². The van der Waals surface area contributed by atoms with Gasteiger partial charge in [-0.15, -0.1) is 11.3 Å². The lowest BCUT2D eigenvalue weighted by Crippen LogP contribution is -2.09. The Kier molecular flexibility index (Phi) is 3.54. The van der Waals surface area contributed by atoms with Crippen molar-refractivity contribution in [3.05, 3.63) is 52.9 Å². The van der Waals surface area contributed by atoms with Crippen LogP contribution in [0.1, 0.15) is 22.9 Å². The van der Waals surface area contributed by atoms with Gasteiger partial charge in [-0.3, -0.25) is 4.68 Å². The van der Waals surface area contributed by atoms with Crippen molar-refractivity contribution >= 4 is 21.4 Å². The Bertz CT molecular complexity index is 732. The Morgan fingerprint density at radius 2 is 2.25 bits per heavy atom. The molecule has 3 rings (SSSR count). The molecule has 0 fully saturated rings. The zero-order valence-electron chi connectivity index (χ0n) is 11.2. The van der Waals surface area contributed by atoms with Crippen LogP contribution in [0.25, 0.3) is 10.1 Å². The van der Waals surface area contributed by atoms with E-state index in [-0.39, 0.29) is 11.9 Å². The van der Waals surface area contributed by atoms with Crippen molar-refractivity contribution in [1.82, 2.24) is 9.78 Å². The van der Waals surface area contributed by atoms with Crippen LogP contribution in [0.4, 0.5) is 4.39 Å². The van der Waals surface area contributed by atoms with Crippen molar-refractivity contribution < 1.29 is 4.39 Å². The van der Waals surface area contributed by atoms with Crippen molar-refractivity contribution in [3.8, 4) is 0 Å². The highest BCUT2D eigenvalue weighted by Gasteiger charge is 2.11. The third-order valence-corrected chi connectivity index (χ3v) is 4.61. The Hall–Kier alpha value is -1.72. The average molecular weight is 289 g/mol. The van der Waals surface area contributed by atoms with Crippen LogP contribution in [-0.4, -0.2) is 9.78 Å². The minimum absolute atomic E-state index is 0.0179. The maximum Gasteiger partial charge on any atom is 0.123 e. The molecule has 0 aliphatic carbocycles. The number of halogens is 1. The molecule has 2 N–H and O–H groups in total. The lowest BCUT2D eigenvalue weighted by atomic mass is 10.1. The van der Waals surface area contributed by atoms with Gasteiger partial charge in [0, 0.05) is 28.9 Å². The zero-order chi connectivity index (χ0) is 14.1. The highest BCUT2D eigenvalue weighted by Crippen LogP contribution is 2.31. The van der Waals surface area contributed by atoms with E-state index < -0.39 is 0 Å². The smallest absolute Gasteiger partial charge is 0.123 e. The van der Waals surface area contributed by atoms with Crippen molar-refractivity contribution in [2.75, 3.05) is 0 Å².